The van der Waals surface area contributed by atoms with Crippen LogP contribution < -0.4 is 15.8 Å². The second-order valence-corrected chi connectivity index (χ2v) is 5.97. The van der Waals surface area contributed by atoms with Crippen LogP contribution in [0, 0.1) is 11.7 Å². The van der Waals surface area contributed by atoms with Crippen LogP contribution in [0.25, 0.3) is 0 Å². The SMILES string of the molecule is COc1ccc(C(=O)NC2(CN)CCC(C)CC2)cc1F. The minimum Gasteiger partial charge on any atom is -0.494 e. The summed E-state index contributed by atoms with van der Waals surface area (Å²) in [4.78, 5) is 12.3. The lowest BCUT2D eigenvalue weighted by atomic mass is 9.77. The van der Waals surface area contributed by atoms with Crippen LogP contribution in [0.5, 0.6) is 5.75 Å². The van der Waals surface area contributed by atoms with E-state index < -0.39 is 5.82 Å². The number of carbonyl (C=O) groups is 1. The van der Waals surface area contributed by atoms with E-state index in [9.17, 15) is 9.18 Å². The van der Waals surface area contributed by atoms with Crippen LogP contribution in [0.15, 0.2) is 18.2 Å². The summed E-state index contributed by atoms with van der Waals surface area (Å²) in [7, 11) is 1.39. The first-order valence-corrected chi connectivity index (χ1v) is 7.36. The molecule has 0 bridgehead atoms. The van der Waals surface area contributed by atoms with Crippen molar-refractivity contribution in [2.45, 2.75) is 38.1 Å². The molecule has 3 N–H and O–H groups in total. The Morgan fingerprint density at radius 1 is 1.48 bits per heavy atom. The second-order valence-electron chi connectivity index (χ2n) is 5.97. The summed E-state index contributed by atoms with van der Waals surface area (Å²) in [5.74, 6) is -0.0210. The third-order valence-corrected chi connectivity index (χ3v) is 4.41. The number of hydrogen-bond acceptors (Lipinski definition) is 3. The Hall–Kier alpha value is -1.62. The van der Waals surface area contributed by atoms with Crippen molar-refractivity contribution in [3.63, 3.8) is 0 Å². The van der Waals surface area contributed by atoms with Crippen molar-refractivity contribution in [1.82, 2.24) is 5.32 Å². The van der Waals surface area contributed by atoms with Crippen LogP contribution in [-0.2, 0) is 0 Å². The number of hydrogen-bond donors (Lipinski definition) is 2. The number of carbonyl (C=O) groups excluding carboxylic acids is 1. The van der Waals surface area contributed by atoms with E-state index in [0.717, 1.165) is 25.7 Å². The Morgan fingerprint density at radius 2 is 2.14 bits per heavy atom. The van der Waals surface area contributed by atoms with Crippen LogP contribution >= 0.6 is 0 Å². The van der Waals surface area contributed by atoms with Crippen molar-refractivity contribution in [2.75, 3.05) is 13.7 Å². The number of ether oxygens (including phenoxy) is 1. The Morgan fingerprint density at radius 3 is 2.67 bits per heavy atom. The average molecular weight is 294 g/mol. The van der Waals surface area contributed by atoms with Gasteiger partial charge in [0, 0.05) is 12.1 Å². The van der Waals surface area contributed by atoms with Gasteiger partial charge in [-0.25, -0.2) is 4.39 Å². The summed E-state index contributed by atoms with van der Waals surface area (Å²) in [6.07, 6.45) is 3.84. The monoisotopic (exact) mass is 294 g/mol. The van der Waals surface area contributed by atoms with Crippen molar-refractivity contribution in [3.05, 3.63) is 29.6 Å². The van der Waals surface area contributed by atoms with Crippen molar-refractivity contribution >= 4 is 5.91 Å². The van der Waals surface area contributed by atoms with Crippen molar-refractivity contribution in [3.8, 4) is 5.75 Å². The molecule has 1 fully saturated rings. The smallest absolute Gasteiger partial charge is 0.251 e. The maximum Gasteiger partial charge on any atom is 0.251 e. The van der Waals surface area contributed by atoms with E-state index in [1.807, 2.05) is 0 Å². The van der Waals surface area contributed by atoms with Gasteiger partial charge in [-0.05, 0) is 49.8 Å². The number of halogens is 1. The molecule has 0 aromatic heterocycles. The van der Waals surface area contributed by atoms with Gasteiger partial charge in [0.2, 0.25) is 0 Å². The van der Waals surface area contributed by atoms with Gasteiger partial charge in [-0.3, -0.25) is 4.79 Å². The van der Waals surface area contributed by atoms with Crippen LogP contribution in [0.4, 0.5) is 4.39 Å². The van der Waals surface area contributed by atoms with E-state index in [1.165, 1.54) is 19.2 Å². The fourth-order valence-electron chi connectivity index (χ4n) is 2.82. The zero-order chi connectivity index (χ0) is 15.5. The maximum atomic E-state index is 13.7. The zero-order valence-electron chi connectivity index (χ0n) is 12.6. The largest absolute Gasteiger partial charge is 0.494 e. The second kappa shape index (κ2) is 6.43. The highest BCUT2D eigenvalue weighted by Gasteiger charge is 2.34. The molecule has 116 valence electrons. The molecule has 5 heteroatoms. The minimum absolute atomic E-state index is 0.131. The molecule has 2 rings (SSSR count). The van der Waals surface area contributed by atoms with Gasteiger partial charge in [-0.1, -0.05) is 6.92 Å². The molecule has 0 radical (unpaired) electrons. The molecule has 0 heterocycles. The summed E-state index contributed by atoms with van der Waals surface area (Å²) < 4.78 is 18.5. The first-order valence-electron chi connectivity index (χ1n) is 7.36. The van der Waals surface area contributed by atoms with Gasteiger partial charge >= 0.3 is 0 Å². The Labute approximate surface area is 124 Å². The van der Waals surface area contributed by atoms with E-state index in [-0.39, 0.29) is 17.2 Å². The molecule has 0 aliphatic heterocycles. The molecule has 21 heavy (non-hydrogen) atoms. The van der Waals surface area contributed by atoms with Gasteiger partial charge in [0.1, 0.15) is 0 Å². The molecule has 1 aliphatic carbocycles. The molecule has 1 aromatic carbocycles. The van der Waals surface area contributed by atoms with Gasteiger partial charge in [-0.15, -0.1) is 0 Å². The first-order chi connectivity index (χ1) is 9.99. The highest BCUT2D eigenvalue weighted by atomic mass is 19.1. The van der Waals surface area contributed by atoms with Gasteiger partial charge in [0.15, 0.2) is 11.6 Å². The predicted molar refractivity (Wildman–Crippen MR) is 79.8 cm³/mol. The number of benzene rings is 1. The highest BCUT2D eigenvalue weighted by molar-refractivity contribution is 5.94. The van der Waals surface area contributed by atoms with Crippen molar-refractivity contribution in [2.24, 2.45) is 11.7 Å². The fraction of sp³-hybridized carbons (Fsp3) is 0.562. The van der Waals surface area contributed by atoms with E-state index in [4.69, 9.17) is 10.5 Å². The number of amides is 1. The third kappa shape index (κ3) is 3.53. The van der Waals surface area contributed by atoms with Crippen molar-refractivity contribution in [1.29, 1.82) is 0 Å². The summed E-state index contributed by atoms with van der Waals surface area (Å²) in [6, 6.07) is 4.22. The summed E-state index contributed by atoms with van der Waals surface area (Å²) in [5, 5.41) is 3.01. The molecule has 4 nitrogen and oxygen atoms in total. The quantitative estimate of drug-likeness (QED) is 0.896. The summed E-state index contributed by atoms with van der Waals surface area (Å²) in [5.41, 5.74) is 5.81. The van der Waals surface area contributed by atoms with Gasteiger partial charge in [-0.2, -0.15) is 0 Å². The number of nitrogens with two attached hydrogens (primary N) is 1. The van der Waals surface area contributed by atoms with Gasteiger partial charge in [0.25, 0.3) is 5.91 Å². The fourth-order valence-corrected chi connectivity index (χ4v) is 2.82. The van der Waals surface area contributed by atoms with E-state index in [2.05, 4.69) is 12.2 Å². The molecule has 1 amide bonds. The lowest BCUT2D eigenvalue weighted by molar-refractivity contribution is 0.0859. The molecule has 1 aromatic rings. The normalized spacial score (nSPS) is 25.4. The van der Waals surface area contributed by atoms with E-state index >= 15 is 0 Å². The average Bonchev–Trinajstić information content (AvgIpc) is 2.49. The van der Waals surface area contributed by atoms with Crippen LogP contribution in [0.1, 0.15) is 43.0 Å². The standard InChI is InChI=1S/C16H23FN2O2/c1-11-5-7-16(10-18,8-6-11)19-15(20)12-3-4-14(21-2)13(17)9-12/h3-4,9,11H,5-8,10,18H2,1-2H3,(H,19,20). The number of methoxy groups -OCH3 is 1. The predicted octanol–water partition coefficient (Wildman–Crippen LogP) is 2.47. The Balaban J connectivity index is 2.11. The zero-order valence-corrected chi connectivity index (χ0v) is 12.6. The summed E-state index contributed by atoms with van der Waals surface area (Å²) >= 11 is 0. The molecule has 1 saturated carbocycles. The third-order valence-electron chi connectivity index (χ3n) is 4.41. The number of nitrogens with one attached hydrogen (secondary N) is 1. The van der Waals surface area contributed by atoms with Crippen molar-refractivity contribution < 1.29 is 13.9 Å². The molecule has 0 spiro atoms. The molecule has 0 saturated heterocycles. The van der Waals surface area contributed by atoms with E-state index in [0.29, 0.717) is 18.0 Å². The maximum absolute atomic E-state index is 13.7. The van der Waals surface area contributed by atoms with Gasteiger partial charge < -0.3 is 15.8 Å². The first kappa shape index (κ1) is 15.8. The summed E-state index contributed by atoms with van der Waals surface area (Å²) in [6.45, 7) is 2.62. The Kier molecular flexibility index (Phi) is 4.83. The molecular formula is C16H23FN2O2. The highest BCUT2D eigenvalue weighted by Crippen LogP contribution is 2.31. The molecule has 0 atom stereocenters. The lowest BCUT2D eigenvalue weighted by Crippen LogP contribution is -2.55. The van der Waals surface area contributed by atoms with Crippen LogP contribution in [0.2, 0.25) is 0 Å². The van der Waals surface area contributed by atoms with Crippen LogP contribution in [0.3, 0.4) is 0 Å². The Bertz CT molecular complexity index is 511. The van der Waals surface area contributed by atoms with Gasteiger partial charge in [0.05, 0.1) is 12.6 Å². The minimum atomic E-state index is -0.538. The lowest BCUT2D eigenvalue weighted by Gasteiger charge is -2.39. The number of rotatable bonds is 4. The molecule has 1 aliphatic rings. The topological polar surface area (TPSA) is 64.3 Å². The molecular weight excluding hydrogens is 271 g/mol. The van der Waals surface area contributed by atoms with E-state index in [1.54, 1.807) is 6.07 Å². The molecule has 0 unspecified atom stereocenters. The van der Waals surface area contributed by atoms with Crippen LogP contribution in [-0.4, -0.2) is 25.1 Å².